The molecule has 134 valence electrons. The number of hydrogen-bond donors (Lipinski definition) is 2. The van der Waals surface area contributed by atoms with Gasteiger partial charge in [0.2, 0.25) is 0 Å². The zero-order chi connectivity index (χ0) is 17.9. The average Bonchev–Trinajstić information content (AvgIpc) is 2.59. The van der Waals surface area contributed by atoms with Crippen LogP contribution in [-0.2, 0) is 16.0 Å². The molecule has 0 saturated carbocycles. The van der Waals surface area contributed by atoms with Crippen molar-refractivity contribution >= 4 is 11.9 Å². The van der Waals surface area contributed by atoms with E-state index in [1.54, 1.807) is 14.0 Å². The van der Waals surface area contributed by atoms with Crippen molar-refractivity contribution in [3.8, 4) is 5.75 Å². The Hall–Kier alpha value is -2.24. The molecule has 0 aliphatic rings. The fraction of sp³-hybridized carbons (Fsp3) is 0.556. The number of methoxy groups -OCH3 is 2. The number of ether oxygens (including phenoxy) is 2. The molecule has 0 spiro atoms. The molecule has 1 aromatic carbocycles. The molecule has 0 bridgehead atoms. The summed E-state index contributed by atoms with van der Waals surface area (Å²) in [6.07, 6.45) is 0.855. The summed E-state index contributed by atoms with van der Waals surface area (Å²) in [4.78, 5) is 15.9. The number of hydrogen-bond acceptors (Lipinski definition) is 4. The van der Waals surface area contributed by atoms with Gasteiger partial charge in [0.1, 0.15) is 5.75 Å². The van der Waals surface area contributed by atoms with E-state index in [0.717, 1.165) is 30.8 Å². The second-order valence-electron chi connectivity index (χ2n) is 5.62. The lowest BCUT2D eigenvalue weighted by Gasteiger charge is -2.13. The highest BCUT2D eigenvalue weighted by atomic mass is 16.5. The first-order valence-corrected chi connectivity index (χ1v) is 8.25. The SMILES string of the molecule is CCNC(=NCC(C)C(=O)OC)NCCc1ccc(C)c(OC)c1. The third-order valence-electron chi connectivity index (χ3n) is 3.65. The zero-order valence-electron chi connectivity index (χ0n) is 15.3. The molecule has 6 heteroatoms. The monoisotopic (exact) mass is 335 g/mol. The largest absolute Gasteiger partial charge is 0.496 e. The fourth-order valence-electron chi connectivity index (χ4n) is 2.19. The number of nitrogens with zero attached hydrogens (tertiary/aromatic N) is 1. The van der Waals surface area contributed by atoms with E-state index in [4.69, 9.17) is 9.47 Å². The van der Waals surface area contributed by atoms with E-state index in [2.05, 4.69) is 33.8 Å². The third kappa shape index (κ3) is 6.48. The van der Waals surface area contributed by atoms with Crippen molar-refractivity contribution in [3.05, 3.63) is 29.3 Å². The number of guanidine groups is 1. The van der Waals surface area contributed by atoms with Crippen LogP contribution in [0.5, 0.6) is 5.75 Å². The van der Waals surface area contributed by atoms with Gasteiger partial charge in [-0.05, 0) is 37.5 Å². The molecule has 1 unspecified atom stereocenters. The van der Waals surface area contributed by atoms with E-state index in [9.17, 15) is 4.79 Å². The maximum Gasteiger partial charge on any atom is 0.310 e. The van der Waals surface area contributed by atoms with Crippen LogP contribution in [-0.4, -0.2) is 45.8 Å². The maximum atomic E-state index is 11.4. The van der Waals surface area contributed by atoms with Crippen molar-refractivity contribution in [1.29, 1.82) is 0 Å². The van der Waals surface area contributed by atoms with Gasteiger partial charge in [0.05, 0.1) is 26.7 Å². The lowest BCUT2D eigenvalue weighted by Crippen LogP contribution is -2.38. The number of rotatable bonds is 8. The minimum absolute atomic E-state index is 0.249. The topological polar surface area (TPSA) is 72.0 Å². The van der Waals surface area contributed by atoms with E-state index >= 15 is 0 Å². The van der Waals surface area contributed by atoms with Gasteiger partial charge in [-0.3, -0.25) is 9.79 Å². The summed E-state index contributed by atoms with van der Waals surface area (Å²) in [5.74, 6) is 1.10. The molecule has 24 heavy (non-hydrogen) atoms. The van der Waals surface area contributed by atoms with Crippen molar-refractivity contribution in [2.45, 2.75) is 27.2 Å². The van der Waals surface area contributed by atoms with E-state index in [-0.39, 0.29) is 11.9 Å². The molecule has 0 amide bonds. The minimum atomic E-state index is -0.258. The first-order valence-electron chi connectivity index (χ1n) is 8.25. The molecule has 1 atom stereocenters. The summed E-state index contributed by atoms with van der Waals surface area (Å²) in [5.41, 5.74) is 2.32. The van der Waals surface area contributed by atoms with Gasteiger partial charge < -0.3 is 20.1 Å². The van der Waals surface area contributed by atoms with Crippen LogP contribution < -0.4 is 15.4 Å². The van der Waals surface area contributed by atoms with E-state index < -0.39 is 0 Å². The number of carbonyl (C=O) groups is 1. The average molecular weight is 335 g/mol. The molecular formula is C18H29N3O3. The number of nitrogens with one attached hydrogen (secondary N) is 2. The van der Waals surface area contributed by atoms with Crippen LogP contribution in [0.1, 0.15) is 25.0 Å². The lowest BCUT2D eigenvalue weighted by molar-refractivity contribution is -0.144. The van der Waals surface area contributed by atoms with Gasteiger partial charge in [-0.2, -0.15) is 0 Å². The molecule has 1 rings (SSSR count). The molecule has 0 aliphatic carbocycles. The highest BCUT2D eigenvalue weighted by Gasteiger charge is 2.12. The molecule has 0 fully saturated rings. The Labute approximate surface area is 144 Å². The molecule has 2 N–H and O–H groups in total. The number of esters is 1. The lowest BCUT2D eigenvalue weighted by atomic mass is 10.1. The van der Waals surface area contributed by atoms with Crippen LogP contribution in [0.25, 0.3) is 0 Å². The Kier molecular flexibility index (Phi) is 8.68. The predicted molar refractivity (Wildman–Crippen MR) is 96.6 cm³/mol. The van der Waals surface area contributed by atoms with Crippen molar-refractivity contribution in [2.75, 3.05) is 33.9 Å². The predicted octanol–water partition coefficient (Wildman–Crippen LogP) is 1.91. The quantitative estimate of drug-likeness (QED) is 0.431. The number of carbonyl (C=O) groups excluding carboxylic acids is 1. The highest BCUT2D eigenvalue weighted by Crippen LogP contribution is 2.18. The third-order valence-corrected chi connectivity index (χ3v) is 3.65. The minimum Gasteiger partial charge on any atom is -0.496 e. The van der Waals surface area contributed by atoms with Crippen LogP contribution in [0.3, 0.4) is 0 Å². The van der Waals surface area contributed by atoms with Gasteiger partial charge in [0.15, 0.2) is 5.96 Å². The van der Waals surface area contributed by atoms with E-state index in [1.807, 2.05) is 13.8 Å². The second-order valence-corrected chi connectivity index (χ2v) is 5.62. The Morgan fingerprint density at radius 1 is 1.29 bits per heavy atom. The summed E-state index contributed by atoms with van der Waals surface area (Å²) in [6, 6.07) is 6.22. The van der Waals surface area contributed by atoms with Gasteiger partial charge in [-0.15, -0.1) is 0 Å². The van der Waals surface area contributed by atoms with Crippen molar-refractivity contribution in [2.24, 2.45) is 10.9 Å². The molecule has 0 aromatic heterocycles. The van der Waals surface area contributed by atoms with Gasteiger partial charge in [-0.1, -0.05) is 19.1 Å². The van der Waals surface area contributed by atoms with Crippen molar-refractivity contribution in [1.82, 2.24) is 10.6 Å². The Morgan fingerprint density at radius 3 is 2.67 bits per heavy atom. The smallest absolute Gasteiger partial charge is 0.310 e. The molecule has 0 saturated heterocycles. The van der Waals surface area contributed by atoms with Gasteiger partial charge in [0, 0.05) is 13.1 Å². The highest BCUT2D eigenvalue weighted by molar-refractivity contribution is 5.80. The van der Waals surface area contributed by atoms with E-state index in [0.29, 0.717) is 12.5 Å². The van der Waals surface area contributed by atoms with Crippen LogP contribution in [0, 0.1) is 12.8 Å². The molecule has 0 heterocycles. The van der Waals surface area contributed by atoms with Crippen LogP contribution in [0.2, 0.25) is 0 Å². The summed E-state index contributed by atoms with van der Waals surface area (Å²) >= 11 is 0. The molecule has 1 aromatic rings. The van der Waals surface area contributed by atoms with Crippen LogP contribution >= 0.6 is 0 Å². The molecular weight excluding hydrogens is 306 g/mol. The normalized spacial score (nSPS) is 12.5. The van der Waals surface area contributed by atoms with Gasteiger partial charge in [0.25, 0.3) is 0 Å². The Balaban J connectivity index is 2.55. The fourth-order valence-corrected chi connectivity index (χ4v) is 2.19. The van der Waals surface area contributed by atoms with Crippen molar-refractivity contribution in [3.63, 3.8) is 0 Å². The van der Waals surface area contributed by atoms with Gasteiger partial charge >= 0.3 is 5.97 Å². The van der Waals surface area contributed by atoms with E-state index in [1.165, 1.54) is 12.7 Å². The standard InChI is InChI=1S/C18H29N3O3/c1-6-19-18(21-12-14(3)17(22)24-5)20-10-9-15-8-7-13(2)16(11-15)23-4/h7-8,11,14H,6,9-10,12H2,1-5H3,(H2,19,20,21). The first-order chi connectivity index (χ1) is 11.5. The molecule has 0 aliphatic heterocycles. The number of aryl methyl sites for hydroxylation is 1. The van der Waals surface area contributed by atoms with Gasteiger partial charge in [-0.25, -0.2) is 0 Å². The Bertz CT molecular complexity index is 558. The number of benzene rings is 1. The first kappa shape index (κ1) is 19.8. The van der Waals surface area contributed by atoms with Crippen LogP contribution in [0.15, 0.2) is 23.2 Å². The van der Waals surface area contributed by atoms with Crippen LogP contribution in [0.4, 0.5) is 0 Å². The summed E-state index contributed by atoms with van der Waals surface area (Å²) < 4.78 is 10.1. The Morgan fingerprint density at radius 2 is 2.04 bits per heavy atom. The van der Waals surface area contributed by atoms with Crippen molar-refractivity contribution < 1.29 is 14.3 Å². The zero-order valence-corrected chi connectivity index (χ0v) is 15.3. The summed E-state index contributed by atoms with van der Waals surface area (Å²) in [5, 5.41) is 6.45. The molecule has 6 nitrogen and oxygen atoms in total. The summed E-state index contributed by atoms with van der Waals surface area (Å²) in [6.45, 7) is 7.73. The maximum absolute atomic E-state index is 11.4. The second kappa shape index (κ2) is 10.5. The number of aliphatic imine (C=N–C) groups is 1. The molecule has 0 radical (unpaired) electrons. The summed E-state index contributed by atoms with van der Waals surface area (Å²) in [7, 11) is 3.07.